The Bertz CT molecular complexity index is 1120. The van der Waals surface area contributed by atoms with Crippen LogP contribution in [0.1, 0.15) is 31.0 Å². The number of amidine groups is 1. The molecule has 0 saturated carbocycles. The number of halogens is 3. The highest BCUT2D eigenvalue weighted by Crippen LogP contribution is 2.42. The summed E-state index contributed by atoms with van der Waals surface area (Å²) < 4.78 is 74.5. The van der Waals surface area contributed by atoms with Gasteiger partial charge in [0.2, 0.25) is 15.6 Å². The minimum Gasteiger partial charge on any atom is -0.380 e. The van der Waals surface area contributed by atoms with E-state index >= 15 is 0 Å². The van der Waals surface area contributed by atoms with Crippen LogP contribution in [0.2, 0.25) is 0 Å². The van der Waals surface area contributed by atoms with Gasteiger partial charge in [0.05, 0.1) is 43.3 Å². The van der Waals surface area contributed by atoms with Crippen LogP contribution < -0.4 is 4.72 Å². The zero-order chi connectivity index (χ0) is 23.8. The van der Waals surface area contributed by atoms with Gasteiger partial charge in [0.15, 0.2) is 0 Å². The molecular formula is C21H25F3N4O4S. The van der Waals surface area contributed by atoms with E-state index in [1.54, 1.807) is 11.0 Å². The van der Waals surface area contributed by atoms with E-state index in [0.717, 1.165) is 6.20 Å². The molecule has 2 aliphatic heterocycles. The number of ether oxygens (including phenoxy) is 1. The molecular weight excluding hydrogens is 461 g/mol. The van der Waals surface area contributed by atoms with Crippen LogP contribution in [-0.2, 0) is 25.2 Å². The highest BCUT2D eigenvalue weighted by Gasteiger charge is 2.48. The molecule has 12 heteroatoms. The van der Waals surface area contributed by atoms with Gasteiger partial charge in [0, 0.05) is 24.8 Å². The molecule has 1 aromatic heterocycles. The van der Waals surface area contributed by atoms with Crippen molar-refractivity contribution < 1.29 is 31.2 Å². The summed E-state index contributed by atoms with van der Waals surface area (Å²) in [5.41, 5.74) is -0.485. The number of hydrogen-bond acceptors (Lipinski definition) is 7. The van der Waals surface area contributed by atoms with E-state index in [1.165, 1.54) is 26.2 Å². The van der Waals surface area contributed by atoms with E-state index in [2.05, 4.69) is 14.9 Å². The first kappa shape index (κ1) is 23.7. The van der Waals surface area contributed by atoms with Crippen LogP contribution in [0, 0.1) is 5.82 Å². The lowest BCUT2D eigenvalue weighted by Crippen LogP contribution is -2.42. The molecule has 1 unspecified atom stereocenters. The molecule has 8 nitrogen and oxygen atoms in total. The van der Waals surface area contributed by atoms with Gasteiger partial charge >= 0.3 is 0 Å². The highest BCUT2D eigenvalue weighted by molar-refractivity contribution is 7.89. The third kappa shape index (κ3) is 4.64. The molecule has 3 heterocycles. The Balaban J connectivity index is 1.60. The number of allylic oxidation sites excluding steroid dienone is 4. The molecule has 1 aliphatic carbocycles. The van der Waals surface area contributed by atoms with Crippen molar-refractivity contribution in [2.24, 2.45) is 5.16 Å². The molecule has 3 atom stereocenters. The minimum absolute atomic E-state index is 0.0211. The first-order valence-corrected chi connectivity index (χ1v) is 12.2. The van der Waals surface area contributed by atoms with Crippen molar-refractivity contribution in [3.8, 4) is 0 Å². The fourth-order valence-electron chi connectivity index (χ4n) is 4.28. The number of nitrogens with one attached hydrogen (secondary N) is 1. The highest BCUT2D eigenvalue weighted by atomic mass is 32.2. The van der Waals surface area contributed by atoms with Gasteiger partial charge in [-0.2, -0.15) is 0 Å². The fraction of sp³-hybridized carbons (Fsp3) is 0.524. The lowest BCUT2D eigenvalue weighted by molar-refractivity contribution is -0.0764. The summed E-state index contributed by atoms with van der Waals surface area (Å²) in [6.45, 7) is 1.45. The predicted octanol–water partition coefficient (Wildman–Crippen LogP) is 2.40. The molecule has 0 bridgehead atoms. The Hall–Kier alpha value is -2.44. The molecule has 0 amide bonds. The molecule has 1 aromatic rings. The van der Waals surface area contributed by atoms with Gasteiger partial charge in [-0.3, -0.25) is 4.98 Å². The number of methoxy groups -OCH3 is 1. The molecule has 4 rings (SSSR count). The number of likely N-dealkylation sites (tertiary alicyclic amines) is 1. The van der Waals surface area contributed by atoms with Gasteiger partial charge in [-0.15, -0.1) is 0 Å². The number of nitrogens with zero attached hydrogens (tertiary/aromatic N) is 3. The zero-order valence-corrected chi connectivity index (χ0v) is 19.0. The Labute approximate surface area is 190 Å². The number of pyridine rings is 1. The van der Waals surface area contributed by atoms with E-state index < -0.39 is 39.5 Å². The maximum Gasteiger partial charge on any atom is 0.211 e. The second-order valence-corrected chi connectivity index (χ2v) is 10.3. The number of hydrogen-bond donors (Lipinski definition) is 1. The summed E-state index contributed by atoms with van der Waals surface area (Å²) >= 11 is 0. The Kier molecular flexibility index (Phi) is 6.52. The lowest BCUT2D eigenvalue weighted by Gasteiger charge is -2.28. The summed E-state index contributed by atoms with van der Waals surface area (Å²) in [6.07, 6.45) is 2.90. The second kappa shape index (κ2) is 9.07. The number of oxime groups is 1. The molecule has 1 fully saturated rings. The standard InChI is InChI=1S/C21H25F3N4O4S/c1-3-33(29,30)27-18-11-28(10-17(18)24)19-8-21(12-31-2,32-26-19)20-15(7-13(22)9-25-20)14-5-4-6-16(14)23/h4,6-7,9,17-18,27H,3,5,8,10-12H2,1-2H3/t17-,18+,21?/m0/s1. The Morgan fingerprint density at radius 1 is 1.36 bits per heavy atom. The molecule has 1 saturated heterocycles. The van der Waals surface area contributed by atoms with Crippen molar-refractivity contribution in [3.05, 3.63) is 47.3 Å². The molecule has 180 valence electrons. The van der Waals surface area contributed by atoms with Crippen LogP contribution in [-0.4, -0.2) is 68.9 Å². The molecule has 0 aromatic carbocycles. The van der Waals surface area contributed by atoms with Crippen LogP contribution in [0.3, 0.4) is 0 Å². The Morgan fingerprint density at radius 3 is 2.82 bits per heavy atom. The van der Waals surface area contributed by atoms with Gasteiger partial charge in [-0.05, 0) is 25.5 Å². The first-order chi connectivity index (χ1) is 15.7. The average Bonchev–Trinajstić information content (AvgIpc) is 3.48. The van der Waals surface area contributed by atoms with Gasteiger partial charge in [-0.1, -0.05) is 11.2 Å². The topological polar surface area (TPSA) is 93.1 Å². The van der Waals surface area contributed by atoms with Crippen molar-refractivity contribution in [2.75, 3.05) is 32.6 Å². The lowest BCUT2D eigenvalue weighted by atomic mass is 9.88. The SMILES string of the molecule is CCS(=O)(=O)N[C@@H]1CN(C2=NOC(COC)(c3ncc(F)cc3C3=C(F)C=CC3)C2)C[C@@H]1F. The monoisotopic (exact) mass is 486 g/mol. The average molecular weight is 487 g/mol. The molecule has 33 heavy (non-hydrogen) atoms. The third-order valence-corrected chi connectivity index (χ3v) is 7.38. The molecule has 0 spiro atoms. The predicted molar refractivity (Wildman–Crippen MR) is 116 cm³/mol. The van der Waals surface area contributed by atoms with E-state index in [1.807, 2.05) is 0 Å². The van der Waals surface area contributed by atoms with Crippen LogP contribution >= 0.6 is 0 Å². The van der Waals surface area contributed by atoms with Gasteiger partial charge in [0.25, 0.3) is 0 Å². The normalized spacial score (nSPS) is 27.4. The smallest absolute Gasteiger partial charge is 0.211 e. The van der Waals surface area contributed by atoms with E-state index in [0.29, 0.717) is 5.84 Å². The number of rotatable bonds is 7. The summed E-state index contributed by atoms with van der Waals surface area (Å²) in [5, 5.41) is 4.12. The van der Waals surface area contributed by atoms with E-state index in [4.69, 9.17) is 9.57 Å². The van der Waals surface area contributed by atoms with Gasteiger partial charge < -0.3 is 14.5 Å². The third-order valence-electron chi connectivity index (χ3n) is 5.96. The second-order valence-electron chi connectivity index (χ2n) is 8.23. The largest absolute Gasteiger partial charge is 0.380 e. The van der Waals surface area contributed by atoms with Crippen molar-refractivity contribution in [3.63, 3.8) is 0 Å². The number of alkyl halides is 1. The maximum atomic E-state index is 14.6. The summed E-state index contributed by atoms with van der Waals surface area (Å²) in [5.74, 6) is -0.888. The summed E-state index contributed by atoms with van der Waals surface area (Å²) in [7, 11) is -2.13. The molecule has 0 radical (unpaired) electrons. The van der Waals surface area contributed by atoms with Crippen molar-refractivity contribution in [2.45, 2.75) is 37.6 Å². The number of sulfonamides is 1. The zero-order valence-electron chi connectivity index (χ0n) is 18.2. The van der Waals surface area contributed by atoms with Crippen LogP contribution in [0.25, 0.3) is 5.57 Å². The van der Waals surface area contributed by atoms with Crippen molar-refractivity contribution in [1.82, 2.24) is 14.6 Å². The van der Waals surface area contributed by atoms with Crippen LogP contribution in [0.5, 0.6) is 0 Å². The van der Waals surface area contributed by atoms with Gasteiger partial charge in [0.1, 0.15) is 23.7 Å². The maximum absolute atomic E-state index is 14.6. The van der Waals surface area contributed by atoms with Crippen LogP contribution in [0.4, 0.5) is 13.2 Å². The molecule has 1 N–H and O–H groups in total. The van der Waals surface area contributed by atoms with Crippen molar-refractivity contribution >= 4 is 21.4 Å². The summed E-state index contributed by atoms with van der Waals surface area (Å²) in [4.78, 5) is 11.6. The minimum atomic E-state index is -3.58. The van der Waals surface area contributed by atoms with Gasteiger partial charge in [-0.25, -0.2) is 26.3 Å². The quantitative estimate of drug-likeness (QED) is 0.636. The Morgan fingerprint density at radius 2 is 2.15 bits per heavy atom. The first-order valence-electron chi connectivity index (χ1n) is 10.5. The van der Waals surface area contributed by atoms with Crippen LogP contribution in [0.15, 0.2) is 35.4 Å². The number of aromatic nitrogens is 1. The van der Waals surface area contributed by atoms with E-state index in [-0.39, 0.29) is 55.1 Å². The molecule has 3 aliphatic rings. The fourth-order valence-corrected chi connectivity index (χ4v) is 5.13. The van der Waals surface area contributed by atoms with E-state index in [9.17, 15) is 21.6 Å². The van der Waals surface area contributed by atoms with Crippen molar-refractivity contribution in [1.29, 1.82) is 0 Å². The summed E-state index contributed by atoms with van der Waals surface area (Å²) in [6, 6.07) is 0.282.